The van der Waals surface area contributed by atoms with Crippen LogP contribution in [0.3, 0.4) is 0 Å². The Morgan fingerprint density at radius 3 is 2.77 bits per heavy atom. The number of rotatable bonds is 4. The topological polar surface area (TPSA) is 101 Å². The number of carbonyl (C=O) groups excluding carboxylic acids is 3. The summed E-state index contributed by atoms with van der Waals surface area (Å²) in [5.74, 6) is -0.0327. The van der Waals surface area contributed by atoms with E-state index in [1.807, 2.05) is 24.3 Å². The summed E-state index contributed by atoms with van der Waals surface area (Å²) in [5.41, 5.74) is 1.25. The van der Waals surface area contributed by atoms with Gasteiger partial charge >= 0.3 is 6.03 Å². The number of benzene rings is 2. The normalized spacial score (nSPS) is 20.3. The molecule has 1 saturated heterocycles. The van der Waals surface area contributed by atoms with E-state index in [2.05, 4.69) is 15.6 Å². The van der Waals surface area contributed by atoms with Crippen molar-refractivity contribution in [1.82, 2.24) is 20.5 Å². The van der Waals surface area contributed by atoms with Gasteiger partial charge in [-0.05, 0) is 41.5 Å². The molecular weight excluding hydrogens is 384 g/mol. The minimum absolute atomic E-state index is 0.00125. The quantitative estimate of drug-likeness (QED) is 0.650. The zero-order chi connectivity index (χ0) is 20.9. The van der Waals surface area contributed by atoms with Crippen molar-refractivity contribution in [3.63, 3.8) is 0 Å². The maximum absolute atomic E-state index is 13.0. The lowest BCUT2D eigenvalue weighted by Gasteiger charge is -2.31. The first-order valence-electron chi connectivity index (χ1n) is 9.45. The van der Waals surface area contributed by atoms with Crippen LogP contribution in [0.25, 0.3) is 10.9 Å². The molecule has 3 heterocycles. The van der Waals surface area contributed by atoms with Crippen LogP contribution in [0.2, 0.25) is 0 Å². The van der Waals surface area contributed by atoms with E-state index in [1.165, 1.54) is 0 Å². The molecule has 2 aliphatic rings. The van der Waals surface area contributed by atoms with E-state index in [9.17, 15) is 14.4 Å². The number of ether oxygens (including phenoxy) is 1. The molecule has 150 valence electrons. The third-order valence-electron chi connectivity index (χ3n) is 5.66. The Balaban J connectivity index is 1.55. The third-order valence-corrected chi connectivity index (χ3v) is 5.66. The van der Waals surface area contributed by atoms with Crippen LogP contribution in [0.4, 0.5) is 4.79 Å². The van der Waals surface area contributed by atoms with Crippen LogP contribution in [0.1, 0.15) is 21.5 Å². The van der Waals surface area contributed by atoms with Crippen LogP contribution in [-0.4, -0.2) is 41.4 Å². The van der Waals surface area contributed by atoms with Crippen LogP contribution in [0.5, 0.6) is 5.75 Å². The van der Waals surface area contributed by atoms with E-state index in [0.717, 1.165) is 10.9 Å². The van der Waals surface area contributed by atoms with Gasteiger partial charge in [-0.15, -0.1) is 0 Å². The molecule has 8 heteroatoms. The minimum Gasteiger partial charge on any atom is -0.497 e. The minimum atomic E-state index is -1.40. The number of hydrogen-bond acceptors (Lipinski definition) is 5. The second kappa shape index (κ2) is 6.55. The molecule has 0 radical (unpaired) electrons. The fraction of sp³-hybridized carbons (Fsp3) is 0.182. The fourth-order valence-electron chi connectivity index (χ4n) is 4.13. The lowest BCUT2D eigenvalue weighted by molar-refractivity contribution is -0.124. The molecule has 1 unspecified atom stereocenters. The summed E-state index contributed by atoms with van der Waals surface area (Å²) >= 11 is 0. The number of aromatic nitrogens is 1. The monoisotopic (exact) mass is 402 g/mol. The van der Waals surface area contributed by atoms with Gasteiger partial charge in [0.25, 0.3) is 11.8 Å². The van der Waals surface area contributed by atoms with Crippen molar-refractivity contribution < 1.29 is 19.1 Å². The first-order chi connectivity index (χ1) is 14.5. The Morgan fingerprint density at radius 2 is 2.00 bits per heavy atom. The van der Waals surface area contributed by atoms with Crippen molar-refractivity contribution in [3.8, 4) is 5.75 Å². The van der Waals surface area contributed by atoms with Gasteiger partial charge in [-0.1, -0.05) is 18.2 Å². The Hall–Kier alpha value is -3.94. The standard InChI is InChI=1S/C22H18N4O4/c1-30-16-6-7-17-14(9-16)11-26(19(17)27)12-22(20(28)24-21(29)25-22)15-5-4-13-3-2-8-23-18(13)10-15/h2-10H,11-12H2,1H3,(H2,24,25,28,29). The van der Waals surface area contributed by atoms with Crippen molar-refractivity contribution in [1.29, 1.82) is 0 Å². The lowest BCUT2D eigenvalue weighted by atomic mass is 9.88. The van der Waals surface area contributed by atoms with Crippen molar-refractivity contribution in [3.05, 3.63) is 71.4 Å². The smallest absolute Gasteiger partial charge is 0.322 e. The molecule has 2 aliphatic heterocycles. The van der Waals surface area contributed by atoms with E-state index < -0.39 is 17.5 Å². The summed E-state index contributed by atoms with van der Waals surface area (Å²) in [4.78, 5) is 43.9. The van der Waals surface area contributed by atoms with Gasteiger partial charge in [-0.2, -0.15) is 0 Å². The predicted octanol–water partition coefficient (Wildman–Crippen LogP) is 1.93. The molecule has 2 N–H and O–H groups in total. The number of hydrogen-bond donors (Lipinski definition) is 2. The summed E-state index contributed by atoms with van der Waals surface area (Å²) in [7, 11) is 1.57. The van der Waals surface area contributed by atoms with Gasteiger partial charge in [-0.3, -0.25) is 19.9 Å². The molecule has 0 aliphatic carbocycles. The van der Waals surface area contributed by atoms with Gasteiger partial charge < -0.3 is 15.0 Å². The fourth-order valence-corrected chi connectivity index (χ4v) is 4.13. The molecule has 1 atom stereocenters. The summed E-state index contributed by atoms with van der Waals surface area (Å²) in [6, 6.07) is 13.8. The Kier molecular flexibility index (Phi) is 3.95. The zero-order valence-electron chi connectivity index (χ0n) is 16.1. The molecule has 0 spiro atoms. The second-order valence-electron chi connectivity index (χ2n) is 7.41. The number of carbonyl (C=O) groups is 3. The average Bonchev–Trinajstić information content (AvgIpc) is 3.22. The molecule has 8 nitrogen and oxygen atoms in total. The van der Waals surface area contributed by atoms with Crippen molar-refractivity contribution in [2.45, 2.75) is 12.1 Å². The lowest BCUT2D eigenvalue weighted by Crippen LogP contribution is -2.52. The number of amides is 4. The van der Waals surface area contributed by atoms with Crippen LogP contribution in [0, 0.1) is 0 Å². The number of fused-ring (bicyclic) bond motifs is 2. The van der Waals surface area contributed by atoms with E-state index in [-0.39, 0.29) is 12.5 Å². The van der Waals surface area contributed by atoms with Gasteiger partial charge in [0.05, 0.1) is 19.2 Å². The number of nitrogens with zero attached hydrogens (tertiary/aromatic N) is 2. The van der Waals surface area contributed by atoms with E-state index in [4.69, 9.17) is 4.74 Å². The molecule has 0 saturated carbocycles. The molecule has 4 amide bonds. The number of urea groups is 1. The Morgan fingerprint density at radius 1 is 1.13 bits per heavy atom. The van der Waals surface area contributed by atoms with Gasteiger partial charge in [0.2, 0.25) is 0 Å². The van der Waals surface area contributed by atoms with Gasteiger partial charge in [-0.25, -0.2) is 4.79 Å². The highest BCUT2D eigenvalue weighted by atomic mass is 16.5. The summed E-state index contributed by atoms with van der Waals surface area (Å²) < 4.78 is 5.25. The van der Waals surface area contributed by atoms with Crippen LogP contribution >= 0.6 is 0 Å². The summed E-state index contributed by atoms with van der Waals surface area (Å²) in [6.45, 7) is 0.320. The van der Waals surface area contributed by atoms with Crippen molar-refractivity contribution >= 4 is 28.7 Å². The van der Waals surface area contributed by atoms with Crippen molar-refractivity contribution in [2.24, 2.45) is 0 Å². The molecule has 3 aromatic rings. The van der Waals surface area contributed by atoms with Crippen molar-refractivity contribution in [2.75, 3.05) is 13.7 Å². The summed E-state index contributed by atoms with van der Waals surface area (Å²) in [6.07, 6.45) is 1.67. The molecule has 1 aromatic heterocycles. The zero-order valence-corrected chi connectivity index (χ0v) is 16.1. The average molecular weight is 402 g/mol. The SMILES string of the molecule is COc1ccc2c(c1)CN(CC1(c3ccc4cccnc4c3)NC(=O)NC1=O)C2=O. The first-order valence-corrected chi connectivity index (χ1v) is 9.45. The second-order valence-corrected chi connectivity index (χ2v) is 7.41. The summed E-state index contributed by atoms with van der Waals surface area (Å²) in [5, 5.41) is 5.98. The van der Waals surface area contributed by atoms with Gasteiger partial charge in [0.1, 0.15) is 5.75 Å². The third kappa shape index (κ3) is 2.68. The van der Waals surface area contributed by atoms with E-state index in [1.54, 1.807) is 42.5 Å². The molecule has 2 aromatic carbocycles. The molecule has 1 fully saturated rings. The van der Waals surface area contributed by atoms with Crippen LogP contribution in [-0.2, 0) is 16.9 Å². The van der Waals surface area contributed by atoms with E-state index in [0.29, 0.717) is 28.9 Å². The van der Waals surface area contributed by atoms with Gasteiger partial charge in [0.15, 0.2) is 5.54 Å². The predicted molar refractivity (Wildman–Crippen MR) is 108 cm³/mol. The number of methoxy groups -OCH3 is 1. The molecule has 5 rings (SSSR count). The molecule has 30 heavy (non-hydrogen) atoms. The Labute approximate surface area is 171 Å². The van der Waals surface area contributed by atoms with Gasteiger partial charge in [0, 0.05) is 23.7 Å². The molecular formula is C22H18N4O4. The highest BCUT2D eigenvalue weighted by molar-refractivity contribution is 6.08. The highest BCUT2D eigenvalue weighted by Crippen LogP contribution is 2.33. The number of nitrogens with one attached hydrogen (secondary N) is 2. The maximum Gasteiger partial charge on any atom is 0.322 e. The maximum atomic E-state index is 13.0. The van der Waals surface area contributed by atoms with Crippen LogP contribution in [0.15, 0.2) is 54.7 Å². The first kappa shape index (κ1) is 18.1. The molecule has 0 bridgehead atoms. The van der Waals surface area contributed by atoms with E-state index >= 15 is 0 Å². The largest absolute Gasteiger partial charge is 0.497 e. The Bertz CT molecular complexity index is 1220. The number of pyridine rings is 1. The highest BCUT2D eigenvalue weighted by Gasteiger charge is 2.50. The number of imide groups is 1. The van der Waals surface area contributed by atoms with Crippen LogP contribution < -0.4 is 15.4 Å².